The molecule has 1 atom stereocenters. The second-order valence-electron chi connectivity index (χ2n) is 9.62. The standard InChI is InChI=1S/C28H26N6O3/c1-37-24-13-23-27(31-26(24)21-4-2-3-19-17(14-29)5-7-20(19)21)25(33-32-23)18-6-8-22(30-15-18)16-9-11-34(12-10-16)28(35)36/h2-4,6,8,13,15-17H,5,7,9-12H2,1H3,(H,32,33)(H,35,36). The lowest BCUT2D eigenvalue weighted by Crippen LogP contribution is -2.36. The largest absolute Gasteiger partial charge is 0.494 e. The number of piperidine rings is 1. The Kier molecular flexibility index (Phi) is 5.72. The summed E-state index contributed by atoms with van der Waals surface area (Å²) < 4.78 is 5.71. The van der Waals surface area contributed by atoms with E-state index >= 15 is 0 Å². The van der Waals surface area contributed by atoms with Gasteiger partial charge in [-0.05, 0) is 48.9 Å². The maximum absolute atomic E-state index is 11.2. The summed E-state index contributed by atoms with van der Waals surface area (Å²) in [5, 5.41) is 26.4. The van der Waals surface area contributed by atoms with E-state index in [1.807, 2.05) is 42.6 Å². The van der Waals surface area contributed by atoms with E-state index < -0.39 is 6.09 Å². The second kappa shape index (κ2) is 9.21. The van der Waals surface area contributed by atoms with E-state index in [1.54, 1.807) is 7.11 Å². The third kappa shape index (κ3) is 3.95. The first-order chi connectivity index (χ1) is 18.1. The molecule has 9 heteroatoms. The highest BCUT2D eigenvalue weighted by Gasteiger charge is 2.27. The predicted molar refractivity (Wildman–Crippen MR) is 137 cm³/mol. The number of fused-ring (bicyclic) bond motifs is 2. The zero-order valence-electron chi connectivity index (χ0n) is 20.4. The highest BCUT2D eigenvalue weighted by molar-refractivity contribution is 5.93. The van der Waals surface area contributed by atoms with Gasteiger partial charge in [-0.1, -0.05) is 18.2 Å². The lowest BCUT2D eigenvalue weighted by molar-refractivity contribution is 0.131. The van der Waals surface area contributed by atoms with Crippen LogP contribution < -0.4 is 4.74 Å². The number of nitriles is 1. The van der Waals surface area contributed by atoms with Gasteiger partial charge < -0.3 is 14.7 Å². The van der Waals surface area contributed by atoms with Crippen LogP contribution in [0.5, 0.6) is 5.75 Å². The number of carbonyl (C=O) groups is 1. The van der Waals surface area contributed by atoms with E-state index in [2.05, 4.69) is 16.3 Å². The van der Waals surface area contributed by atoms with Crippen LogP contribution in [0.1, 0.15) is 47.9 Å². The van der Waals surface area contributed by atoms with Gasteiger partial charge in [-0.25, -0.2) is 9.78 Å². The molecule has 1 aromatic carbocycles. The Morgan fingerprint density at radius 3 is 2.73 bits per heavy atom. The van der Waals surface area contributed by atoms with Crippen LogP contribution in [-0.2, 0) is 6.42 Å². The Bertz CT molecular complexity index is 1530. The zero-order chi connectivity index (χ0) is 25.5. The maximum atomic E-state index is 11.2. The molecule has 1 aliphatic heterocycles. The fourth-order valence-electron chi connectivity index (χ4n) is 5.64. The minimum Gasteiger partial charge on any atom is -0.494 e. The van der Waals surface area contributed by atoms with Crippen molar-refractivity contribution in [2.24, 2.45) is 0 Å². The molecule has 1 amide bonds. The van der Waals surface area contributed by atoms with Crippen LogP contribution in [0.3, 0.4) is 0 Å². The number of nitrogens with one attached hydrogen (secondary N) is 1. The van der Waals surface area contributed by atoms with Gasteiger partial charge in [0.05, 0.1) is 24.6 Å². The number of methoxy groups -OCH3 is 1. The molecule has 2 N–H and O–H groups in total. The number of pyridine rings is 2. The Morgan fingerprint density at radius 2 is 2.03 bits per heavy atom. The number of ether oxygens (including phenoxy) is 1. The fraction of sp³-hybridized carbons (Fsp3) is 0.321. The molecular weight excluding hydrogens is 468 g/mol. The number of H-pyrrole nitrogens is 1. The number of hydrogen-bond donors (Lipinski definition) is 2. The average Bonchev–Trinajstić information content (AvgIpc) is 3.56. The summed E-state index contributed by atoms with van der Waals surface area (Å²) in [5.74, 6) is 0.805. The number of rotatable bonds is 4. The molecule has 2 aliphatic rings. The van der Waals surface area contributed by atoms with Gasteiger partial charge in [0.25, 0.3) is 0 Å². The van der Waals surface area contributed by atoms with Crippen LogP contribution in [0.2, 0.25) is 0 Å². The topological polar surface area (TPSA) is 128 Å². The van der Waals surface area contributed by atoms with E-state index in [0.717, 1.165) is 70.4 Å². The fourth-order valence-corrected chi connectivity index (χ4v) is 5.64. The van der Waals surface area contributed by atoms with Crippen LogP contribution in [0, 0.1) is 11.3 Å². The molecule has 1 fully saturated rings. The molecule has 4 heterocycles. The molecule has 0 saturated carbocycles. The number of hydrogen-bond acceptors (Lipinski definition) is 6. The predicted octanol–water partition coefficient (Wildman–Crippen LogP) is 5.11. The van der Waals surface area contributed by atoms with Crippen molar-refractivity contribution < 1.29 is 14.6 Å². The molecule has 0 spiro atoms. The van der Waals surface area contributed by atoms with Gasteiger partial charge in [0, 0.05) is 48.1 Å². The zero-order valence-corrected chi connectivity index (χ0v) is 20.4. The van der Waals surface area contributed by atoms with Gasteiger partial charge in [-0.3, -0.25) is 10.1 Å². The molecule has 3 aromatic heterocycles. The molecule has 186 valence electrons. The monoisotopic (exact) mass is 494 g/mol. The van der Waals surface area contributed by atoms with E-state index in [4.69, 9.17) is 14.7 Å². The quantitative estimate of drug-likeness (QED) is 0.404. The van der Waals surface area contributed by atoms with Crippen LogP contribution in [0.15, 0.2) is 42.6 Å². The molecule has 1 unspecified atom stereocenters. The summed E-state index contributed by atoms with van der Waals surface area (Å²) in [7, 11) is 1.63. The molecule has 1 aliphatic carbocycles. The summed E-state index contributed by atoms with van der Waals surface area (Å²) in [6.45, 7) is 1.06. The number of amides is 1. The van der Waals surface area contributed by atoms with Gasteiger partial charge in [0.1, 0.15) is 22.7 Å². The van der Waals surface area contributed by atoms with Crippen LogP contribution in [0.25, 0.3) is 33.5 Å². The first-order valence-corrected chi connectivity index (χ1v) is 12.5. The Labute approximate surface area is 213 Å². The summed E-state index contributed by atoms with van der Waals surface area (Å²) in [6, 6.07) is 14.4. The molecule has 0 bridgehead atoms. The Hall–Kier alpha value is -4.45. The van der Waals surface area contributed by atoms with Crippen molar-refractivity contribution >= 4 is 17.1 Å². The van der Waals surface area contributed by atoms with E-state index in [1.165, 1.54) is 4.90 Å². The summed E-state index contributed by atoms with van der Waals surface area (Å²) >= 11 is 0. The number of nitrogens with zero attached hydrogens (tertiary/aromatic N) is 5. The van der Waals surface area contributed by atoms with E-state index in [9.17, 15) is 15.2 Å². The number of benzene rings is 1. The smallest absolute Gasteiger partial charge is 0.407 e. The van der Waals surface area contributed by atoms with Crippen LogP contribution in [0.4, 0.5) is 4.79 Å². The number of likely N-dealkylation sites (tertiary alicyclic amines) is 1. The van der Waals surface area contributed by atoms with Crippen molar-refractivity contribution in [1.82, 2.24) is 25.1 Å². The van der Waals surface area contributed by atoms with Crippen molar-refractivity contribution in [2.75, 3.05) is 20.2 Å². The molecule has 9 nitrogen and oxygen atoms in total. The SMILES string of the molecule is COc1cc2[nH]nc(-c3ccc(C4CCN(C(=O)O)CC4)nc3)c2nc1-c1cccc2c1CCC2C#N. The lowest BCUT2D eigenvalue weighted by atomic mass is 9.93. The minimum absolute atomic E-state index is 0.0879. The summed E-state index contributed by atoms with van der Waals surface area (Å²) in [6.07, 6.45) is 4.14. The molecule has 37 heavy (non-hydrogen) atoms. The van der Waals surface area contributed by atoms with Gasteiger partial charge in [0.15, 0.2) is 0 Å². The van der Waals surface area contributed by atoms with Crippen LogP contribution in [-0.4, -0.2) is 56.5 Å². The first kappa shape index (κ1) is 23.0. The van der Waals surface area contributed by atoms with Crippen molar-refractivity contribution in [2.45, 2.75) is 37.5 Å². The van der Waals surface area contributed by atoms with E-state index in [-0.39, 0.29) is 11.8 Å². The van der Waals surface area contributed by atoms with Crippen molar-refractivity contribution in [3.8, 4) is 34.3 Å². The summed E-state index contributed by atoms with van der Waals surface area (Å²) in [5.41, 5.74) is 7.98. The third-order valence-electron chi connectivity index (χ3n) is 7.65. The molecule has 0 radical (unpaired) electrons. The maximum Gasteiger partial charge on any atom is 0.407 e. The van der Waals surface area contributed by atoms with Crippen molar-refractivity contribution in [1.29, 1.82) is 5.26 Å². The number of carboxylic acid groups (broad SMARTS) is 1. The first-order valence-electron chi connectivity index (χ1n) is 12.5. The van der Waals surface area contributed by atoms with Gasteiger partial charge in [-0.2, -0.15) is 10.4 Å². The van der Waals surface area contributed by atoms with Gasteiger partial charge >= 0.3 is 6.09 Å². The van der Waals surface area contributed by atoms with E-state index in [0.29, 0.717) is 24.5 Å². The molecule has 6 rings (SSSR count). The highest BCUT2D eigenvalue weighted by Crippen LogP contribution is 2.42. The Morgan fingerprint density at radius 1 is 1.19 bits per heavy atom. The lowest BCUT2D eigenvalue weighted by Gasteiger charge is -2.29. The number of aromatic nitrogens is 4. The average molecular weight is 495 g/mol. The summed E-state index contributed by atoms with van der Waals surface area (Å²) in [4.78, 5) is 22.4. The third-order valence-corrected chi connectivity index (χ3v) is 7.65. The molecular formula is C28H26N6O3. The van der Waals surface area contributed by atoms with Crippen molar-refractivity contribution in [3.05, 3.63) is 59.4 Å². The van der Waals surface area contributed by atoms with Gasteiger partial charge in [-0.15, -0.1) is 0 Å². The van der Waals surface area contributed by atoms with Gasteiger partial charge in [0.2, 0.25) is 0 Å². The minimum atomic E-state index is -0.860. The highest BCUT2D eigenvalue weighted by atomic mass is 16.5. The molecule has 4 aromatic rings. The number of aromatic amines is 1. The second-order valence-corrected chi connectivity index (χ2v) is 9.62. The van der Waals surface area contributed by atoms with Crippen molar-refractivity contribution in [3.63, 3.8) is 0 Å². The normalized spacial score (nSPS) is 17.5. The van der Waals surface area contributed by atoms with Crippen LogP contribution >= 0.6 is 0 Å². The Balaban J connectivity index is 1.35. The molecule has 1 saturated heterocycles.